The van der Waals surface area contributed by atoms with Gasteiger partial charge in [0.15, 0.2) is 0 Å². The molecule has 2 nitrogen and oxygen atoms in total. The lowest BCUT2D eigenvalue weighted by Crippen LogP contribution is -2.40. The number of nitrogens with zero attached hydrogens (tertiary/aromatic N) is 1. The van der Waals surface area contributed by atoms with Crippen molar-refractivity contribution in [2.24, 2.45) is 5.41 Å². The molecule has 19 heavy (non-hydrogen) atoms. The first kappa shape index (κ1) is 14.5. The van der Waals surface area contributed by atoms with E-state index in [1.165, 1.54) is 30.6 Å². The second-order valence-electron chi connectivity index (χ2n) is 6.69. The van der Waals surface area contributed by atoms with Gasteiger partial charge in [0.1, 0.15) is 0 Å². The van der Waals surface area contributed by atoms with Crippen LogP contribution in [-0.2, 0) is 6.42 Å². The van der Waals surface area contributed by atoms with Gasteiger partial charge in [-0.15, -0.1) is 0 Å². The van der Waals surface area contributed by atoms with Crippen LogP contribution in [0.2, 0.25) is 0 Å². The minimum absolute atomic E-state index is 0.455. The Hall–Kier alpha value is -0.860. The van der Waals surface area contributed by atoms with Crippen LogP contribution in [0, 0.1) is 12.3 Å². The molecule has 1 aromatic rings. The fourth-order valence-electron chi connectivity index (χ4n) is 2.98. The van der Waals surface area contributed by atoms with Crippen molar-refractivity contribution in [1.29, 1.82) is 0 Å². The van der Waals surface area contributed by atoms with Crippen molar-refractivity contribution >= 4 is 0 Å². The van der Waals surface area contributed by atoms with Crippen LogP contribution in [0.1, 0.15) is 31.4 Å². The molecule has 1 aliphatic heterocycles. The summed E-state index contributed by atoms with van der Waals surface area (Å²) in [5.41, 5.74) is 3.24. The van der Waals surface area contributed by atoms with E-state index in [2.05, 4.69) is 62.3 Å². The molecular formula is C17H28N2. The molecule has 1 N–H and O–H groups in total. The topological polar surface area (TPSA) is 15.3 Å². The highest BCUT2D eigenvalue weighted by atomic mass is 15.1. The minimum Gasteiger partial charge on any atom is -0.316 e. The molecule has 0 saturated carbocycles. The van der Waals surface area contributed by atoms with Crippen LogP contribution in [0.3, 0.4) is 0 Å². The van der Waals surface area contributed by atoms with Gasteiger partial charge in [-0.1, -0.05) is 36.8 Å². The molecule has 0 aliphatic carbocycles. The standard InChI is InChI=1S/C17H28N2/c1-14-5-7-16(8-6-14)11-15(2)19(4)13-17(3)9-10-18-12-17/h5-8,15,18H,9-13H2,1-4H3. The Morgan fingerprint density at radius 2 is 2.00 bits per heavy atom. The van der Waals surface area contributed by atoms with Crippen molar-refractivity contribution in [1.82, 2.24) is 10.2 Å². The molecule has 1 aromatic carbocycles. The minimum atomic E-state index is 0.455. The van der Waals surface area contributed by atoms with E-state index in [1.54, 1.807) is 0 Å². The van der Waals surface area contributed by atoms with Crippen LogP contribution >= 0.6 is 0 Å². The van der Waals surface area contributed by atoms with Crippen molar-refractivity contribution in [3.05, 3.63) is 35.4 Å². The zero-order valence-corrected chi connectivity index (χ0v) is 12.9. The third kappa shape index (κ3) is 4.05. The Morgan fingerprint density at radius 3 is 2.58 bits per heavy atom. The Balaban J connectivity index is 1.88. The first-order chi connectivity index (χ1) is 8.98. The summed E-state index contributed by atoms with van der Waals surface area (Å²) in [5.74, 6) is 0. The quantitative estimate of drug-likeness (QED) is 0.876. The number of likely N-dealkylation sites (N-methyl/N-ethyl adjacent to an activating group) is 1. The summed E-state index contributed by atoms with van der Waals surface area (Å²) in [5, 5.41) is 3.49. The Morgan fingerprint density at radius 1 is 1.32 bits per heavy atom. The smallest absolute Gasteiger partial charge is 0.0104 e. The van der Waals surface area contributed by atoms with Gasteiger partial charge in [0.25, 0.3) is 0 Å². The molecule has 1 heterocycles. The fraction of sp³-hybridized carbons (Fsp3) is 0.647. The molecule has 0 amide bonds. The highest BCUT2D eigenvalue weighted by Gasteiger charge is 2.30. The van der Waals surface area contributed by atoms with Gasteiger partial charge in [-0.3, -0.25) is 0 Å². The maximum Gasteiger partial charge on any atom is 0.0104 e. The molecule has 2 rings (SSSR count). The Kier molecular flexibility index (Phi) is 4.64. The fourth-order valence-corrected chi connectivity index (χ4v) is 2.98. The maximum absolute atomic E-state index is 3.49. The van der Waals surface area contributed by atoms with Crippen LogP contribution in [-0.4, -0.2) is 37.6 Å². The summed E-state index contributed by atoms with van der Waals surface area (Å²) in [6, 6.07) is 9.55. The Labute approximate surface area is 118 Å². The van der Waals surface area contributed by atoms with Crippen molar-refractivity contribution in [2.75, 3.05) is 26.7 Å². The molecule has 106 valence electrons. The molecule has 0 bridgehead atoms. The van der Waals surface area contributed by atoms with E-state index in [4.69, 9.17) is 0 Å². The molecule has 1 aliphatic rings. The highest BCUT2D eigenvalue weighted by molar-refractivity contribution is 5.22. The third-order valence-corrected chi connectivity index (χ3v) is 4.49. The summed E-state index contributed by atoms with van der Waals surface area (Å²) in [6.45, 7) is 10.4. The van der Waals surface area contributed by atoms with Gasteiger partial charge < -0.3 is 10.2 Å². The second-order valence-corrected chi connectivity index (χ2v) is 6.69. The zero-order chi connectivity index (χ0) is 13.9. The van der Waals surface area contributed by atoms with Crippen molar-refractivity contribution in [3.8, 4) is 0 Å². The zero-order valence-electron chi connectivity index (χ0n) is 12.9. The van der Waals surface area contributed by atoms with E-state index in [1.807, 2.05) is 0 Å². The van der Waals surface area contributed by atoms with Gasteiger partial charge in [-0.25, -0.2) is 0 Å². The van der Waals surface area contributed by atoms with E-state index < -0.39 is 0 Å². The van der Waals surface area contributed by atoms with E-state index in [0.29, 0.717) is 11.5 Å². The van der Waals surface area contributed by atoms with Gasteiger partial charge in [-0.05, 0) is 51.3 Å². The molecule has 0 spiro atoms. The number of hydrogen-bond acceptors (Lipinski definition) is 2. The van der Waals surface area contributed by atoms with Crippen LogP contribution in [0.25, 0.3) is 0 Å². The molecule has 2 heteroatoms. The Bertz CT molecular complexity index is 390. The van der Waals surface area contributed by atoms with E-state index in [-0.39, 0.29) is 0 Å². The van der Waals surface area contributed by atoms with Gasteiger partial charge in [0, 0.05) is 19.1 Å². The largest absolute Gasteiger partial charge is 0.316 e. The van der Waals surface area contributed by atoms with Crippen LogP contribution in [0.5, 0.6) is 0 Å². The molecular weight excluding hydrogens is 232 g/mol. The summed E-state index contributed by atoms with van der Waals surface area (Å²) >= 11 is 0. The number of nitrogens with one attached hydrogen (secondary N) is 1. The average molecular weight is 260 g/mol. The molecule has 1 saturated heterocycles. The summed E-state index contributed by atoms with van der Waals surface area (Å²) in [7, 11) is 2.27. The van der Waals surface area contributed by atoms with Crippen LogP contribution < -0.4 is 5.32 Å². The third-order valence-electron chi connectivity index (χ3n) is 4.49. The molecule has 2 atom stereocenters. The van der Waals surface area contributed by atoms with E-state index in [9.17, 15) is 0 Å². The number of aryl methyl sites for hydroxylation is 1. The lowest BCUT2D eigenvalue weighted by Gasteiger charge is -2.33. The predicted molar refractivity (Wildman–Crippen MR) is 82.6 cm³/mol. The first-order valence-corrected chi connectivity index (χ1v) is 7.45. The van der Waals surface area contributed by atoms with Crippen molar-refractivity contribution in [2.45, 2.75) is 39.7 Å². The monoisotopic (exact) mass is 260 g/mol. The number of rotatable bonds is 5. The van der Waals surface area contributed by atoms with Gasteiger partial charge in [0.2, 0.25) is 0 Å². The molecule has 0 radical (unpaired) electrons. The first-order valence-electron chi connectivity index (χ1n) is 7.45. The molecule has 0 aromatic heterocycles. The summed E-state index contributed by atoms with van der Waals surface area (Å²) in [4.78, 5) is 2.52. The average Bonchev–Trinajstić information content (AvgIpc) is 2.78. The van der Waals surface area contributed by atoms with Gasteiger partial charge in [0.05, 0.1) is 0 Å². The summed E-state index contributed by atoms with van der Waals surface area (Å²) < 4.78 is 0. The lowest BCUT2D eigenvalue weighted by atomic mass is 9.88. The SMILES string of the molecule is Cc1ccc(CC(C)N(C)CC2(C)CCNC2)cc1. The molecule has 2 unspecified atom stereocenters. The van der Waals surface area contributed by atoms with E-state index >= 15 is 0 Å². The summed E-state index contributed by atoms with van der Waals surface area (Å²) in [6.07, 6.45) is 2.44. The van der Waals surface area contributed by atoms with Crippen molar-refractivity contribution < 1.29 is 0 Å². The predicted octanol–water partition coefficient (Wildman–Crippen LogP) is 2.86. The highest BCUT2D eigenvalue weighted by Crippen LogP contribution is 2.26. The molecule has 1 fully saturated rings. The number of benzene rings is 1. The second kappa shape index (κ2) is 6.06. The lowest BCUT2D eigenvalue weighted by molar-refractivity contribution is 0.168. The van der Waals surface area contributed by atoms with Crippen LogP contribution in [0.15, 0.2) is 24.3 Å². The van der Waals surface area contributed by atoms with Gasteiger partial charge >= 0.3 is 0 Å². The normalized spacial score (nSPS) is 24.9. The maximum atomic E-state index is 3.49. The number of hydrogen-bond donors (Lipinski definition) is 1. The van der Waals surface area contributed by atoms with Gasteiger partial charge in [-0.2, -0.15) is 0 Å². The van der Waals surface area contributed by atoms with E-state index in [0.717, 1.165) is 13.0 Å². The van der Waals surface area contributed by atoms with Crippen LogP contribution in [0.4, 0.5) is 0 Å². The van der Waals surface area contributed by atoms with Crippen molar-refractivity contribution in [3.63, 3.8) is 0 Å².